The van der Waals surface area contributed by atoms with Crippen LogP contribution in [0.4, 0.5) is 0 Å². The molecule has 0 amide bonds. The predicted molar refractivity (Wildman–Crippen MR) is 76.4 cm³/mol. The van der Waals surface area contributed by atoms with E-state index < -0.39 is 0 Å². The molecule has 0 unspecified atom stereocenters. The topological polar surface area (TPSA) is 12.0 Å². The molecule has 0 aliphatic rings. The minimum atomic E-state index is 0.987. The molecule has 2 heterocycles. The Bertz CT molecular complexity index is 408. The molecule has 1 N–H and O–H groups in total. The smallest absolute Gasteiger partial charge is 0.0701 e. The molecule has 2 rings (SSSR count). The third kappa shape index (κ3) is 4.01. The first-order chi connectivity index (χ1) is 7.84. The van der Waals surface area contributed by atoms with Crippen molar-refractivity contribution in [1.29, 1.82) is 0 Å². The molecule has 1 nitrogen and oxygen atoms in total. The van der Waals surface area contributed by atoms with E-state index in [1.54, 1.807) is 11.3 Å². The van der Waals surface area contributed by atoms with E-state index in [1.165, 1.54) is 26.4 Å². The molecule has 2 aromatic heterocycles. The summed E-state index contributed by atoms with van der Waals surface area (Å²) in [7, 11) is 0. The molecule has 0 atom stereocenters. The lowest BCUT2D eigenvalue weighted by atomic mass is 10.2. The summed E-state index contributed by atoms with van der Waals surface area (Å²) in [6.07, 6.45) is 2.41. The van der Waals surface area contributed by atoms with E-state index in [1.807, 2.05) is 11.3 Å². The van der Waals surface area contributed by atoms with Crippen LogP contribution in [0, 0.1) is 0 Å². The molecule has 0 aromatic carbocycles. The van der Waals surface area contributed by atoms with E-state index >= 15 is 0 Å². The Morgan fingerprint density at radius 1 is 1.19 bits per heavy atom. The van der Waals surface area contributed by atoms with Crippen LogP contribution in [-0.4, -0.2) is 6.54 Å². The normalized spacial score (nSPS) is 10.8. The van der Waals surface area contributed by atoms with Gasteiger partial charge in [0, 0.05) is 16.3 Å². The average molecular weight is 316 g/mol. The average Bonchev–Trinajstić information content (AvgIpc) is 2.89. The van der Waals surface area contributed by atoms with E-state index in [4.69, 9.17) is 0 Å². The van der Waals surface area contributed by atoms with Gasteiger partial charge in [-0.2, -0.15) is 0 Å². The quantitative estimate of drug-likeness (QED) is 0.784. The molecule has 0 fully saturated rings. The molecule has 2 aromatic rings. The molecule has 0 aliphatic carbocycles. The second-order valence-electron chi connectivity index (χ2n) is 3.57. The predicted octanol–water partition coefficient (Wildman–Crippen LogP) is 4.29. The zero-order valence-corrected chi connectivity index (χ0v) is 12.1. The maximum Gasteiger partial charge on any atom is 0.0701 e. The van der Waals surface area contributed by atoms with Crippen molar-refractivity contribution in [2.45, 2.75) is 19.4 Å². The van der Waals surface area contributed by atoms with Crippen LogP contribution in [-0.2, 0) is 13.0 Å². The molecule has 0 spiro atoms. The molecule has 0 radical (unpaired) electrons. The fourth-order valence-corrected chi connectivity index (χ4v) is 3.70. The van der Waals surface area contributed by atoms with Crippen LogP contribution in [0.1, 0.15) is 16.2 Å². The Balaban J connectivity index is 1.59. The van der Waals surface area contributed by atoms with Crippen LogP contribution in [0.15, 0.2) is 33.4 Å². The largest absolute Gasteiger partial charge is 0.312 e. The summed E-state index contributed by atoms with van der Waals surface area (Å²) >= 11 is 7.12. The van der Waals surface area contributed by atoms with E-state index in [-0.39, 0.29) is 0 Å². The van der Waals surface area contributed by atoms with Gasteiger partial charge >= 0.3 is 0 Å². The van der Waals surface area contributed by atoms with E-state index in [2.05, 4.69) is 50.9 Å². The lowest BCUT2D eigenvalue weighted by Crippen LogP contribution is -2.14. The van der Waals surface area contributed by atoms with Crippen molar-refractivity contribution >= 4 is 38.6 Å². The summed E-state index contributed by atoms with van der Waals surface area (Å²) in [5.74, 6) is 0. The van der Waals surface area contributed by atoms with Gasteiger partial charge in [0.25, 0.3) is 0 Å². The molecule has 86 valence electrons. The van der Waals surface area contributed by atoms with Crippen molar-refractivity contribution < 1.29 is 0 Å². The Hall–Kier alpha value is -0.160. The van der Waals surface area contributed by atoms with E-state index in [9.17, 15) is 0 Å². The molecule has 0 saturated heterocycles. The summed E-state index contributed by atoms with van der Waals surface area (Å²) < 4.78 is 1.21. The van der Waals surface area contributed by atoms with Gasteiger partial charge in [0.15, 0.2) is 0 Å². The third-order valence-corrected chi connectivity index (χ3v) is 4.84. The number of aryl methyl sites for hydroxylation is 1. The lowest BCUT2D eigenvalue weighted by molar-refractivity contribution is 0.657. The minimum Gasteiger partial charge on any atom is -0.312 e. The fourth-order valence-electron chi connectivity index (χ4n) is 1.50. The highest BCUT2D eigenvalue weighted by molar-refractivity contribution is 9.11. The molecule has 16 heavy (non-hydrogen) atoms. The van der Waals surface area contributed by atoms with Gasteiger partial charge < -0.3 is 5.32 Å². The highest BCUT2D eigenvalue weighted by atomic mass is 79.9. The number of thiophene rings is 2. The second kappa shape index (κ2) is 6.55. The second-order valence-corrected chi connectivity index (χ2v) is 7.15. The van der Waals surface area contributed by atoms with Crippen molar-refractivity contribution in [2.75, 3.05) is 6.54 Å². The zero-order valence-electron chi connectivity index (χ0n) is 8.91. The first-order valence-corrected chi connectivity index (χ1v) is 7.81. The van der Waals surface area contributed by atoms with Crippen molar-refractivity contribution in [2.24, 2.45) is 0 Å². The van der Waals surface area contributed by atoms with Gasteiger partial charge in [0.05, 0.1) is 3.79 Å². The highest BCUT2D eigenvalue weighted by Gasteiger charge is 1.97. The lowest BCUT2D eigenvalue weighted by Gasteiger charge is -2.01. The number of hydrogen-bond donors (Lipinski definition) is 1. The summed E-state index contributed by atoms with van der Waals surface area (Å²) in [6, 6.07) is 8.60. The van der Waals surface area contributed by atoms with Crippen LogP contribution in [0.2, 0.25) is 0 Å². The van der Waals surface area contributed by atoms with Gasteiger partial charge in [0.2, 0.25) is 0 Å². The van der Waals surface area contributed by atoms with Crippen LogP contribution < -0.4 is 5.32 Å². The fraction of sp³-hybridized carbons (Fsp3) is 0.333. The van der Waals surface area contributed by atoms with Gasteiger partial charge in [-0.15, -0.1) is 22.7 Å². The van der Waals surface area contributed by atoms with Gasteiger partial charge in [0.1, 0.15) is 0 Å². The maximum absolute atomic E-state index is 3.47. The molecular weight excluding hydrogens is 302 g/mol. The van der Waals surface area contributed by atoms with Gasteiger partial charge in [-0.1, -0.05) is 6.07 Å². The molecule has 0 bridgehead atoms. The van der Waals surface area contributed by atoms with E-state index in [0.29, 0.717) is 0 Å². The van der Waals surface area contributed by atoms with Crippen molar-refractivity contribution in [1.82, 2.24) is 5.32 Å². The number of halogens is 1. The van der Waals surface area contributed by atoms with Gasteiger partial charge in [-0.3, -0.25) is 0 Å². The van der Waals surface area contributed by atoms with Crippen LogP contribution >= 0.6 is 38.6 Å². The third-order valence-electron chi connectivity index (χ3n) is 2.28. The van der Waals surface area contributed by atoms with Gasteiger partial charge in [-0.25, -0.2) is 0 Å². The van der Waals surface area contributed by atoms with Crippen molar-refractivity contribution in [3.05, 3.63) is 43.2 Å². The Morgan fingerprint density at radius 3 is 2.81 bits per heavy atom. The summed E-state index contributed by atoms with van der Waals surface area (Å²) in [4.78, 5) is 2.88. The summed E-state index contributed by atoms with van der Waals surface area (Å²) in [6.45, 7) is 2.08. The highest BCUT2D eigenvalue weighted by Crippen LogP contribution is 2.21. The van der Waals surface area contributed by atoms with Crippen molar-refractivity contribution in [3.8, 4) is 0 Å². The van der Waals surface area contributed by atoms with Gasteiger partial charge in [-0.05, 0) is 58.9 Å². The molecular formula is C12H14BrNS2. The monoisotopic (exact) mass is 315 g/mol. The SMILES string of the molecule is Brc1ccc(CNCCCc2cccs2)s1. The molecule has 0 saturated carbocycles. The number of nitrogens with one attached hydrogen (secondary N) is 1. The van der Waals surface area contributed by atoms with Crippen molar-refractivity contribution in [3.63, 3.8) is 0 Å². The zero-order chi connectivity index (χ0) is 11.2. The number of hydrogen-bond acceptors (Lipinski definition) is 3. The standard InChI is InChI=1S/C12H14BrNS2/c13-12-6-5-11(16-12)9-14-7-1-3-10-4-2-8-15-10/h2,4-6,8,14H,1,3,7,9H2. The molecule has 4 heteroatoms. The number of rotatable bonds is 6. The van der Waals surface area contributed by atoms with Crippen LogP contribution in [0.3, 0.4) is 0 Å². The minimum absolute atomic E-state index is 0.987. The Kier molecular flexibility index (Phi) is 5.03. The summed E-state index contributed by atoms with van der Waals surface area (Å²) in [5, 5.41) is 5.62. The first-order valence-electron chi connectivity index (χ1n) is 5.32. The van der Waals surface area contributed by atoms with Crippen LogP contribution in [0.25, 0.3) is 0 Å². The summed E-state index contributed by atoms with van der Waals surface area (Å²) in [5.41, 5.74) is 0. The maximum atomic E-state index is 3.47. The Labute approximate surface area is 113 Å². The molecule has 0 aliphatic heterocycles. The Morgan fingerprint density at radius 2 is 2.12 bits per heavy atom. The first kappa shape index (κ1) is 12.3. The van der Waals surface area contributed by atoms with E-state index in [0.717, 1.165) is 13.1 Å². The van der Waals surface area contributed by atoms with Crippen LogP contribution in [0.5, 0.6) is 0 Å².